The van der Waals surface area contributed by atoms with Crippen LogP contribution >= 0.6 is 23.2 Å². The zero-order chi connectivity index (χ0) is 25.0. The number of hydrogen-bond acceptors (Lipinski definition) is 5. The van der Waals surface area contributed by atoms with E-state index in [1.165, 1.54) is 11.6 Å². The Morgan fingerprint density at radius 1 is 0.886 bits per heavy atom. The first-order chi connectivity index (χ1) is 17.0. The van der Waals surface area contributed by atoms with Gasteiger partial charge in [-0.25, -0.2) is 0 Å². The van der Waals surface area contributed by atoms with E-state index in [0.717, 1.165) is 53.4 Å². The van der Waals surface area contributed by atoms with E-state index < -0.39 is 6.10 Å². The van der Waals surface area contributed by atoms with Crippen LogP contribution < -0.4 is 5.32 Å². The van der Waals surface area contributed by atoms with Crippen molar-refractivity contribution in [3.05, 3.63) is 98.5 Å². The Balaban J connectivity index is 1.33. The lowest BCUT2D eigenvalue weighted by molar-refractivity contribution is 0.117. The lowest BCUT2D eigenvalue weighted by atomic mass is 10.0. The highest BCUT2D eigenvalue weighted by atomic mass is 35.5. The van der Waals surface area contributed by atoms with Gasteiger partial charge in [0.25, 0.3) is 0 Å². The lowest BCUT2D eigenvalue weighted by Crippen LogP contribution is -2.23. The van der Waals surface area contributed by atoms with Crippen molar-refractivity contribution in [2.45, 2.75) is 45.0 Å². The van der Waals surface area contributed by atoms with Crippen LogP contribution in [0.4, 0.5) is 0 Å². The zero-order valence-corrected chi connectivity index (χ0v) is 21.2. The number of benzene rings is 3. The lowest BCUT2D eigenvalue weighted by Gasteiger charge is -2.14. The fraction of sp³-hybridized carbons (Fsp3) is 0.357. The summed E-state index contributed by atoms with van der Waals surface area (Å²) in [5.74, 6) is 0.0299. The molecule has 0 unspecified atom stereocenters. The molecule has 0 aliphatic carbocycles. The number of hydrogen-bond donors (Lipinski definition) is 4. The first kappa shape index (κ1) is 27.5. The molecule has 4 N–H and O–H groups in total. The van der Waals surface area contributed by atoms with Gasteiger partial charge in [-0.15, -0.1) is 0 Å². The van der Waals surface area contributed by atoms with Gasteiger partial charge in [-0.05, 0) is 78.7 Å². The van der Waals surface area contributed by atoms with Crippen molar-refractivity contribution >= 4 is 23.2 Å². The Morgan fingerprint density at radius 3 is 2.40 bits per heavy atom. The fourth-order valence-corrected chi connectivity index (χ4v) is 4.46. The highest BCUT2D eigenvalue weighted by molar-refractivity contribution is 6.35. The highest BCUT2D eigenvalue weighted by Gasteiger charge is 2.10. The van der Waals surface area contributed by atoms with Crippen LogP contribution in [0, 0.1) is 0 Å². The summed E-state index contributed by atoms with van der Waals surface area (Å²) in [5.41, 5.74) is 4.41. The SMILES string of the molecule is OCc1cc([C@@H](O)CNCCc2cccc(COCCCCc3c(Cl)cccc3Cl)c2)ccc1O. The van der Waals surface area contributed by atoms with Gasteiger partial charge in [0.2, 0.25) is 0 Å². The number of unbranched alkanes of at least 4 members (excludes halogenated alkanes) is 1. The van der Waals surface area contributed by atoms with Gasteiger partial charge in [0.15, 0.2) is 0 Å². The molecule has 0 spiro atoms. The van der Waals surface area contributed by atoms with Crippen molar-refractivity contribution in [2.75, 3.05) is 19.7 Å². The molecule has 0 aliphatic heterocycles. The number of ether oxygens (including phenoxy) is 1. The molecule has 0 amide bonds. The summed E-state index contributed by atoms with van der Waals surface area (Å²) in [6.07, 6.45) is 2.86. The molecule has 0 aromatic heterocycles. The van der Waals surface area contributed by atoms with Gasteiger partial charge in [0.05, 0.1) is 19.3 Å². The van der Waals surface area contributed by atoms with Crippen LogP contribution in [0.5, 0.6) is 5.75 Å². The maximum atomic E-state index is 10.4. The van der Waals surface area contributed by atoms with Gasteiger partial charge in [-0.2, -0.15) is 0 Å². The van der Waals surface area contributed by atoms with Crippen LogP contribution in [0.15, 0.2) is 60.7 Å². The molecule has 3 aromatic carbocycles. The smallest absolute Gasteiger partial charge is 0.121 e. The van der Waals surface area contributed by atoms with Crippen LogP contribution in [0.1, 0.15) is 46.8 Å². The first-order valence-corrected chi connectivity index (χ1v) is 12.6. The molecule has 0 fully saturated rings. The van der Waals surface area contributed by atoms with E-state index in [0.29, 0.717) is 30.9 Å². The van der Waals surface area contributed by atoms with Gasteiger partial charge in [0, 0.05) is 28.8 Å². The van der Waals surface area contributed by atoms with Gasteiger partial charge in [0.1, 0.15) is 5.75 Å². The van der Waals surface area contributed by atoms with E-state index in [-0.39, 0.29) is 12.4 Å². The average molecular weight is 518 g/mol. The molecule has 5 nitrogen and oxygen atoms in total. The number of phenols is 1. The predicted molar refractivity (Wildman–Crippen MR) is 141 cm³/mol. The van der Waals surface area contributed by atoms with Crippen LogP contribution in [0.2, 0.25) is 10.0 Å². The molecule has 35 heavy (non-hydrogen) atoms. The highest BCUT2D eigenvalue weighted by Crippen LogP contribution is 2.26. The largest absolute Gasteiger partial charge is 0.508 e. The Morgan fingerprint density at radius 2 is 1.63 bits per heavy atom. The predicted octanol–water partition coefficient (Wildman–Crippen LogP) is 5.60. The third-order valence-electron chi connectivity index (χ3n) is 5.87. The molecular formula is C28H33Cl2NO4. The standard InChI is InChI=1S/C28H33Cl2NO4/c29-25-8-4-9-26(30)24(25)7-1-2-14-35-19-21-6-3-5-20(15-21)12-13-31-17-28(34)22-10-11-27(33)23(16-22)18-32/h3-6,8-11,15-16,28,31-34H,1-2,7,12-14,17-19H2/t28-/m0/s1. The van der Waals surface area contributed by atoms with Gasteiger partial charge >= 0.3 is 0 Å². The Kier molecular flexibility index (Phi) is 11.3. The molecular weight excluding hydrogens is 485 g/mol. The first-order valence-electron chi connectivity index (χ1n) is 11.9. The van der Waals surface area contributed by atoms with Gasteiger partial charge in [-0.3, -0.25) is 0 Å². The molecule has 3 rings (SSSR count). The van der Waals surface area contributed by atoms with E-state index in [9.17, 15) is 15.3 Å². The van der Waals surface area contributed by atoms with Crippen molar-refractivity contribution < 1.29 is 20.1 Å². The quantitative estimate of drug-likeness (QED) is 0.209. The minimum Gasteiger partial charge on any atom is -0.508 e. The van der Waals surface area contributed by atoms with Crippen molar-refractivity contribution in [1.29, 1.82) is 0 Å². The van der Waals surface area contributed by atoms with Crippen molar-refractivity contribution in [3.63, 3.8) is 0 Å². The maximum Gasteiger partial charge on any atom is 0.121 e. The number of aromatic hydroxyl groups is 1. The van der Waals surface area contributed by atoms with Crippen LogP contribution in [-0.4, -0.2) is 35.0 Å². The number of aliphatic hydroxyl groups excluding tert-OH is 2. The Bertz CT molecular complexity index is 1060. The van der Waals surface area contributed by atoms with Crippen molar-refractivity contribution in [1.82, 2.24) is 5.32 Å². The average Bonchev–Trinajstić information content (AvgIpc) is 2.86. The third-order valence-corrected chi connectivity index (χ3v) is 6.58. The van der Waals surface area contributed by atoms with E-state index in [4.69, 9.17) is 27.9 Å². The normalized spacial score (nSPS) is 12.1. The molecule has 0 radical (unpaired) electrons. The number of aliphatic hydroxyl groups is 2. The van der Waals surface area contributed by atoms with E-state index in [1.54, 1.807) is 12.1 Å². The van der Waals surface area contributed by atoms with Crippen LogP contribution in [-0.2, 0) is 30.8 Å². The summed E-state index contributed by atoms with van der Waals surface area (Å²) in [7, 11) is 0. The Hall–Kier alpha value is -2.12. The van der Waals surface area contributed by atoms with Crippen LogP contribution in [0.3, 0.4) is 0 Å². The summed E-state index contributed by atoms with van der Waals surface area (Å²) in [5, 5.41) is 34.0. The molecule has 0 bridgehead atoms. The topological polar surface area (TPSA) is 82.0 Å². The number of halogens is 2. The second-order valence-electron chi connectivity index (χ2n) is 8.55. The summed E-state index contributed by atoms with van der Waals surface area (Å²) < 4.78 is 5.86. The second-order valence-corrected chi connectivity index (χ2v) is 9.36. The summed E-state index contributed by atoms with van der Waals surface area (Å²) >= 11 is 12.4. The molecule has 3 aromatic rings. The maximum absolute atomic E-state index is 10.4. The summed E-state index contributed by atoms with van der Waals surface area (Å²) in [6, 6.07) is 18.7. The second kappa shape index (κ2) is 14.4. The third kappa shape index (κ3) is 8.80. The van der Waals surface area contributed by atoms with E-state index in [2.05, 4.69) is 23.5 Å². The van der Waals surface area contributed by atoms with E-state index >= 15 is 0 Å². The van der Waals surface area contributed by atoms with E-state index in [1.807, 2.05) is 24.3 Å². The molecule has 188 valence electrons. The summed E-state index contributed by atoms with van der Waals surface area (Å²) in [6.45, 7) is 2.09. The van der Waals surface area contributed by atoms with Crippen LogP contribution in [0.25, 0.3) is 0 Å². The van der Waals surface area contributed by atoms with Crippen molar-refractivity contribution in [3.8, 4) is 5.75 Å². The minimum atomic E-state index is -0.713. The molecule has 0 aliphatic rings. The minimum absolute atomic E-state index is 0.0299. The molecule has 0 heterocycles. The van der Waals surface area contributed by atoms with Crippen molar-refractivity contribution in [2.24, 2.45) is 0 Å². The summed E-state index contributed by atoms with van der Waals surface area (Å²) in [4.78, 5) is 0. The molecule has 0 saturated carbocycles. The fourth-order valence-electron chi connectivity index (χ4n) is 3.87. The molecule has 7 heteroatoms. The van der Waals surface area contributed by atoms with Gasteiger partial charge in [-0.1, -0.05) is 59.6 Å². The number of rotatable bonds is 14. The molecule has 0 saturated heterocycles. The molecule has 1 atom stereocenters. The monoisotopic (exact) mass is 517 g/mol. The Labute approximate surface area is 217 Å². The number of nitrogens with one attached hydrogen (secondary N) is 1. The zero-order valence-electron chi connectivity index (χ0n) is 19.7. The van der Waals surface area contributed by atoms with Gasteiger partial charge < -0.3 is 25.4 Å².